The fourth-order valence-corrected chi connectivity index (χ4v) is 5.06. The molecule has 188 valence electrons. The summed E-state index contributed by atoms with van der Waals surface area (Å²) in [6, 6.07) is 8.20. The minimum atomic E-state index is -0.530. The molecule has 0 saturated heterocycles. The Kier molecular flexibility index (Phi) is 8.38. The molecule has 1 aliphatic heterocycles. The van der Waals surface area contributed by atoms with Gasteiger partial charge in [0.25, 0.3) is 0 Å². The van der Waals surface area contributed by atoms with E-state index in [2.05, 4.69) is 37.9 Å². The molecule has 1 saturated carbocycles. The zero-order chi connectivity index (χ0) is 25.1. The first kappa shape index (κ1) is 26.6. The first-order valence-electron chi connectivity index (χ1n) is 12.7. The molecule has 3 rings (SSSR count). The number of nitrogens with one attached hydrogen (secondary N) is 1. The number of rotatable bonds is 6. The fourth-order valence-electron chi connectivity index (χ4n) is 4.68. The molecular weight excluding hydrogens is 446 g/mol. The van der Waals surface area contributed by atoms with Crippen LogP contribution in [0.1, 0.15) is 86.1 Å². The van der Waals surface area contributed by atoms with Crippen LogP contribution in [0, 0.1) is 16.7 Å². The Morgan fingerprint density at radius 2 is 1.71 bits per heavy atom. The Bertz CT molecular complexity index is 901. The largest absolute Gasteiger partial charge is 0.426 e. The van der Waals surface area contributed by atoms with Gasteiger partial charge in [-0.15, -0.1) is 0 Å². The Morgan fingerprint density at radius 3 is 2.24 bits per heavy atom. The van der Waals surface area contributed by atoms with Crippen LogP contribution in [0.3, 0.4) is 0 Å². The van der Waals surface area contributed by atoms with Crippen LogP contribution < -0.4 is 10.1 Å². The van der Waals surface area contributed by atoms with E-state index < -0.39 is 5.41 Å². The van der Waals surface area contributed by atoms with E-state index >= 15 is 0 Å². The van der Waals surface area contributed by atoms with Crippen LogP contribution in [0.5, 0.6) is 5.75 Å². The number of hydrogen-bond donors (Lipinski definition) is 1. The van der Waals surface area contributed by atoms with Crippen LogP contribution in [0.25, 0.3) is 0 Å². The molecule has 0 aromatic heterocycles. The smallest absolute Gasteiger partial charge is 0.316 e. The van der Waals surface area contributed by atoms with Crippen molar-refractivity contribution in [1.82, 2.24) is 10.2 Å². The summed E-state index contributed by atoms with van der Waals surface area (Å²) in [5.74, 6) is 1.94. The number of nitrogens with zero attached hydrogens (tertiary/aromatic N) is 2. The number of ether oxygens (including phenoxy) is 1. The predicted octanol–water partition coefficient (Wildman–Crippen LogP) is 6.86. The quantitative estimate of drug-likeness (QED) is 0.351. The number of carbonyl (C=O) groups excluding carboxylic acids is 1. The molecular formula is C28H42ClN3O2. The van der Waals surface area contributed by atoms with Crippen molar-refractivity contribution in [3.05, 3.63) is 40.7 Å². The van der Waals surface area contributed by atoms with E-state index in [-0.39, 0.29) is 12.0 Å². The summed E-state index contributed by atoms with van der Waals surface area (Å²) in [6.45, 7) is 15.4. The van der Waals surface area contributed by atoms with E-state index in [0.717, 1.165) is 41.6 Å². The van der Waals surface area contributed by atoms with E-state index in [1.807, 2.05) is 51.4 Å². The Morgan fingerprint density at radius 1 is 1.09 bits per heavy atom. The molecule has 0 amide bonds. The molecule has 1 unspecified atom stereocenters. The second kappa shape index (κ2) is 10.7. The van der Waals surface area contributed by atoms with Gasteiger partial charge < -0.3 is 15.0 Å². The van der Waals surface area contributed by atoms with E-state index in [1.165, 1.54) is 12.8 Å². The molecule has 1 aliphatic carbocycles. The highest BCUT2D eigenvalue weighted by molar-refractivity contribution is 6.30. The molecule has 0 spiro atoms. The fraction of sp³-hybridized carbons (Fsp3) is 0.643. The maximum atomic E-state index is 12.1. The van der Waals surface area contributed by atoms with Crippen molar-refractivity contribution < 1.29 is 9.53 Å². The molecule has 34 heavy (non-hydrogen) atoms. The van der Waals surface area contributed by atoms with E-state index in [4.69, 9.17) is 21.3 Å². The molecule has 1 aromatic carbocycles. The summed E-state index contributed by atoms with van der Waals surface area (Å²) in [4.78, 5) is 19.0. The van der Waals surface area contributed by atoms with Crippen molar-refractivity contribution in [2.75, 3.05) is 0 Å². The summed E-state index contributed by atoms with van der Waals surface area (Å²) >= 11 is 6.86. The Hall–Kier alpha value is -2.01. The Balaban J connectivity index is 1.59. The lowest BCUT2D eigenvalue weighted by atomic mass is 9.71. The van der Waals surface area contributed by atoms with Crippen LogP contribution in [-0.4, -0.2) is 29.3 Å². The van der Waals surface area contributed by atoms with E-state index in [0.29, 0.717) is 23.8 Å². The maximum Gasteiger partial charge on any atom is 0.316 e. The number of benzene rings is 1. The van der Waals surface area contributed by atoms with Crippen LogP contribution >= 0.6 is 11.6 Å². The third kappa shape index (κ3) is 6.78. The van der Waals surface area contributed by atoms with E-state index in [1.54, 1.807) is 0 Å². The summed E-state index contributed by atoms with van der Waals surface area (Å²) in [5, 5.41) is 4.43. The highest BCUT2D eigenvalue weighted by Gasteiger charge is 2.31. The molecule has 1 fully saturated rings. The van der Waals surface area contributed by atoms with Gasteiger partial charge in [0.15, 0.2) is 0 Å². The van der Waals surface area contributed by atoms with Crippen LogP contribution in [0.15, 0.2) is 40.1 Å². The third-order valence-corrected chi connectivity index (χ3v) is 7.48. The van der Waals surface area contributed by atoms with Gasteiger partial charge in [-0.25, -0.2) is 4.99 Å². The summed E-state index contributed by atoms with van der Waals surface area (Å²) < 4.78 is 5.48. The van der Waals surface area contributed by atoms with Gasteiger partial charge in [-0.05, 0) is 81.9 Å². The van der Waals surface area contributed by atoms with Gasteiger partial charge in [-0.1, -0.05) is 51.4 Å². The second-order valence-corrected chi connectivity index (χ2v) is 12.3. The lowest BCUT2D eigenvalue weighted by Crippen LogP contribution is -2.41. The standard InChI is InChI=1S/C28H42ClN3O2/c1-8-23-24(29)25(31-21-13-11-20(12-14-21)27(2,3)4)30-18-32(23)17-19-9-15-22(16-10-19)34-26(33)28(5,6)7/h9-10,15-16,18,20-21,23,31H,8,11-14,17H2,1-7H3. The Labute approximate surface area is 211 Å². The van der Waals surface area contributed by atoms with E-state index in [9.17, 15) is 4.79 Å². The highest BCUT2D eigenvalue weighted by Crippen LogP contribution is 2.38. The molecule has 1 atom stereocenters. The molecule has 5 nitrogen and oxygen atoms in total. The lowest BCUT2D eigenvalue weighted by molar-refractivity contribution is -0.143. The molecule has 6 heteroatoms. The molecule has 2 aliphatic rings. The molecule has 1 N–H and O–H groups in total. The van der Waals surface area contributed by atoms with Crippen LogP contribution in [0.4, 0.5) is 0 Å². The zero-order valence-corrected chi connectivity index (χ0v) is 22.7. The summed E-state index contributed by atoms with van der Waals surface area (Å²) in [7, 11) is 0. The van der Waals surface area contributed by atoms with Crippen molar-refractivity contribution >= 4 is 23.9 Å². The minimum Gasteiger partial charge on any atom is -0.426 e. The number of halogens is 1. The predicted molar refractivity (Wildman–Crippen MR) is 141 cm³/mol. The first-order valence-corrected chi connectivity index (χ1v) is 13.0. The lowest BCUT2D eigenvalue weighted by Gasteiger charge is -2.38. The monoisotopic (exact) mass is 487 g/mol. The van der Waals surface area contributed by atoms with Gasteiger partial charge in [-0.3, -0.25) is 4.79 Å². The topological polar surface area (TPSA) is 53.9 Å². The average Bonchev–Trinajstić information content (AvgIpc) is 2.76. The maximum absolute atomic E-state index is 12.1. The zero-order valence-electron chi connectivity index (χ0n) is 22.0. The van der Waals surface area contributed by atoms with Crippen molar-refractivity contribution in [2.45, 2.75) is 99.2 Å². The number of carbonyl (C=O) groups is 1. The normalized spacial score (nSPS) is 23.8. The third-order valence-electron chi connectivity index (χ3n) is 7.05. The molecule has 1 aromatic rings. The molecule has 0 radical (unpaired) electrons. The van der Waals surface area contributed by atoms with Crippen molar-refractivity contribution in [3.63, 3.8) is 0 Å². The minimum absolute atomic E-state index is 0.0889. The molecule has 1 heterocycles. The SMILES string of the molecule is CCC1C(Cl)=C(NC2CCC(C(C)(C)C)CC2)N=CN1Cc1ccc(OC(=O)C(C)(C)C)cc1. The summed E-state index contributed by atoms with van der Waals surface area (Å²) in [6.07, 6.45) is 7.64. The van der Waals surface area contributed by atoms with Gasteiger partial charge >= 0.3 is 5.97 Å². The second-order valence-electron chi connectivity index (χ2n) is 11.9. The van der Waals surface area contributed by atoms with Crippen LogP contribution in [0.2, 0.25) is 0 Å². The number of esters is 1. The van der Waals surface area contributed by atoms with Gasteiger partial charge in [0.2, 0.25) is 0 Å². The number of hydrogen-bond acceptors (Lipinski definition) is 5. The number of aliphatic imine (C=N–C) groups is 1. The van der Waals surface area contributed by atoms with Gasteiger partial charge in [0, 0.05) is 12.6 Å². The van der Waals surface area contributed by atoms with Crippen LogP contribution in [-0.2, 0) is 11.3 Å². The van der Waals surface area contributed by atoms with Crippen molar-refractivity contribution in [2.24, 2.45) is 21.7 Å². The van der Waals surface area contributed by atoms with Gasteiger partial charge in [-0.2, -0.15) is 0 Å². The molecule has 0 bridgehead atoms. The highest BCUT2D eigenvalue weighted by atomic mass is 35.5. The van der Waals surface area contributed by atoms with Crippen molar-refractivity contribution in [1.29, 1.82) is 0 Å². The van der Waals surface area contributed by atoms with Gasteiger partial charge in [0.05, 0.1) is 22.8 Å². The van der Waals surface area contributed by atoms with Gasteiger partial charge in [0.1, 0.15) is 11.6 Å². The van der Waals surface area contributed by atoms with Crippen molar-refractivity contribution in [3.8, 4) is 5.75 Å². The summed E-state index contributed by atoms with van der Waals surface area (Å²) in [5.41, 5.74) is 0.963. The first-order chi connectivity index (χ1) is 15.9. The average molecular weight is 488 g/mol.